The number of nitrogens with one attached hydrogen (secondary N) is 1. The van der Waals surface area contributed by atoms with Gasteiger partial charge in [-0.15, -0.1) is 11.3 Å². The first kappa shape index (κ1) is 30.8. The van der Waals surface area contributed by atoms with E-state index in [2.05, 4.69) is 109 Å². The lowest BCUT2D eigenvalue weighted by molar-refractivity contribution is 0.248. The van der Waals surface area contributed by atoms with Crippen LogP contribution in [0.15, 0.2) is 70.5 Å². The molecule has 2 fully saturated rings. The van der Waals surface area contributed by atoms with Crippen molar-refractivity contribution in [1.82, 2.24) is 4.98 Å². The molecular formula is C38H50N4OS. The van der Waals surface area contributed by atoms with Gasteiger partial charge in [0, 0.05) is 44.2 Å². The van der Waals surface area contributed by atoms with Crippen molar-refractivity contribution in [3.05, 3.63) is 93.6 Å². The van der Waals surface area contributed by atoms with Crippen molar-refractivity contribution in [3.8, 4) is 0 Å². The number of thiophene rings is 1. The number of nitrogens with zero attached hydrogens (tertiary/aromatic N) is 3. The van der Waals surface area contributed by atoms with Gasteiger partial charge < -0.3 is 19.5 Å². The first-order chi connectivity index (χ1) is 21.4. The van der Waals surface area contributed by atoms with Crippen molar-refractivity contribution in [2.45, 2.75) is 77.7 Å². The minimum absolute atomic E-state index is 0.0424. The third kappa shape index (κ3) is 7.51. The van der Waals surface area contributed by atoms with E-state index in [9.17, 15) is 0 Å². The minimum atomic E-state index is 0.0424. The lowest BCUT2D eigenvalue weighted by Gasteiger charge is -2.32. The van der Waals surface area contributed by atoms with Crippen LogP contribution in [0.2, 0.25) is 0 Å². The zero-order valence-corrected chi connectivity index (χ0v) is 27.9. The van der Waals surface area contributed by atoms with Crippen molar-refractivity contribution < 1.29 is 4.42 Å². The van der Waals surface area contributed by atoms with E-state index in [-0.39, 0.29) is 6.04 Å². The molecule has 3 heterocycles. The molecular weight excluding hydrogens is 561 g/mol. The highest BCUT2D eigenvalue weighted by Gasteiger charge is 2.31. The van der Waals surface area contributed by atoms with E-state index in [1.54, 1.807) is 4.88 Å². The summed E-state index contributed by atoms with van der Waals surface area (Å²) in [6, 6.07) is 21.7. The van der Waals surface area contributed by atoms with E-state index in [0.717, 1.165) is 49.3 Å². The van der Waals surface area contributed by atoms with Crippen molar-refractivity contribution in [1.29, 1.82) is 0 Å². The van der Waals surface area contributed by atoms with Gasteiger partial charge in [0.2, 0.25) is 11.8 Å². The van der Waals surface area contributed by atoms with Gasteiger partial charge in [-0.25, -0.2) is 4.98 Å². The van der Waals surface area contributed by atoms with Gasteiger partial charge in [0.25, 0.3) is 0 Å². The first-order valence-corrected chi connectivity index (χ1v) is 17.6. The molecule has 0 amide bonds. The van der Waals surface area contributed by atoms with E-state index in [1.807, 2.05) is 11.3 Å². The van der Waals surface area contributed by atoms with Crippen LogP contribution in [-0.4, -0.2) is 32.2 Å². The quantitative estimate of drug-likeness (QED) is 0.183. The molecule has 1 saturated carbocycles. The maximum atomic E-state index is 6.87. The Labute approximate surface area is 268 Å². The van der Waals surface area contributed by atoms with E-state index in [1.165, 1.54) is 67.4 Å². The molecule has 6 rings (SSSR count). The van der Waals surface area contributed by atoms with Crippen molar-refractivity contribution >= 4 is 28.6 Å². The summed E-state index contributed by atoms with van der Waals surface area (Å²) < 4.78 is 6.87. The predicted octanol–water partition coefficient (Wildman–Crippen LogP) is 9.53. The lowest BCUT2D eigenvalue weighted by Crippen LogP contribution is -2.34. The lowest BCUT2D eigenvalue weighted by atomic mass is 9.77. The predicted molar refractivity (Wildman–Crippen MR) is 186 cm³/mol. The second-order valence-electron chi connectivity index (χ2n) is 13.6. The normalized spacial score (nSPS) is 21.3. The van der Waals surface area contributed by atoms with Gasteiger partial charge in [-0.1, -0.05) is 68.3 Å². The van der Waals surface area contributed by atoms with Crippen molar-refractivity contribution in [2.24, 2.45) is 17.8 Å². The fraction of sp³-hybridized carbons (Fsp3) is 0.500. The molecule has 1 N–H and O–H groups in total. The summed E-state index contributed by atoms with van der Waals surface area (Å²) >= 11 is 1.92. The number of piperidine rings is 1. The Morgan fingerprint density at radius 2 is 1.73 bits per heavy atom. The van der Waals surface area contributed by atoms with Gasteiger partial charge in [-0.05, 0) is 91.8 Å². The molecule has 0 spiro atoms. The van der Waals surface area contributed by atoms with Crippen LogP contribution in [-0.2, 0) is 12.8 Å². The number of hydrogen-bond acceptors (Lipinski definition) is 6. The van der Waals surface area contributed by atoms with Crippen LogP contribution >= 0.6 is 11.3 Å². The number of oxazole rings is 1. The van der Waals surface area contributed by atoms with E-state index in [0.29, 0.717) is 11.8 Å². The monoisotopic (exact) mass is 610 g/mol. The Morgan fingerprint density at radius 3 is 2.48 bits per heavy atom. The fourth-order valence-electron chi connectivity index (χ4n) is 7.33. The molecule has 2 aromatic heterocycles. The van der Waals surface area contributed by atoms with Crippen LogP contribution in [0.1, 0.15) is 85.5 Å². The third-order valence-corrected chi connectivity index (χ3v) is 10.8. The zero-order valence-electron chi connectivity index (χ0n) is 27.1. The number of para-hydroxylation sites is 1. The van der Waals surface area contributed by atoms with Crippen LogP contribution in [0, 0.1) is 24.7 Å². The van der Waals surface area contributed by atoms with Gasteiger partial charge in [-0.3, -0.25) is 0 Å². The Balaban J connectivity index is 1.23. The van der Waals surface area contributed by atoms with Gasteiger partial charge in [0.1, 0.15) is 11.7 Å². The van der Waals surface area contributed by atoms with E-state index in [4.69, 9.17) is 9.40 Å². The molecule has 2 unspecified atom stereocenters. The molecule has 6 heteroatoms. The summed E-state index contributed by atoms with van der Waals surface area (Å²) in [4.78, 5) is 11.6. The molecule has 0 bridgehead atoms. The smallest absolute Gasteiger partial charge is 0.220 e. The molecule has 2 atom stereocenters. The van der Waals surface area contributed by atoms with Gasteiger partial charge in [0.05, 0.1) is 5.69 Å². The number of aryl methyl sites for hydroxylation is 1. The van der Waals surface area contributed by atoms with Crippen LogP contribution in [0.5, 0.6) is 0 Å². The van der Waals surface area contributed by atoms with Crippen LogP contribution in [0.3, 0.4) is 0 Å². The van der Waals surface area contributed by atoms with Crippen LogP contribution in [0.25, 0.3) is 0 Å². The van der Waals surface area contributed by atoms with Crippen molar-refractivity contribution in [3.63, 3.8) is 0 Å². The van der Waals surface area contributed by atoms with Crippen LogP contribution in [0.4, 0.5) is 17.3 Å². The standard InChI is InChI=1S/C38H50N4OS/c1-27-11-10-21-42(26-27)38-34(24-29-13-6-5-7-14-29)40-37(43-38)33(39-32-15-9-8-12-28(32)2)23-30-16-18-31(19-17-30)25-36-35(41(3)4)20-22-44-36/h5-9,12-15,20,22,27,30-31,33,39H,10-11,16-19,21,23-26H2,1-4H3. The molecule has 1 aliphatic carbocycles. The summed E-state index contributed by atoms with van der Waals surface area (Å²) in [5.41, 5.74) is 6.19. The Hall–Kier alpha value is -3.25. The third-order valence-electron chi connectivity index (χ3n) is 9.84. The second-order valence-corrected chi connectivity index (χ2v) is 14.6. The topological polar surface area (TPSA) is 44.5 Å². The van der Waals surface area contributed by atoms with Gasteiger partial charge in [-0.2, -0.15) is 0 Å². The highest BCUT2D eigenvalue weighted by Crippen LogP contribution is 2.40. The van der Waals surface area contributed by atoms with Crippen LogP contribution < -0.4 is 15.1 Å². The molecule has 0 radical (unpaired) electrons. The second kappa shape index (κ2) is 14.2. The number of hydrogen-bond donors (Lipinski definition) is 1. The molecule has 5 nitrogen and oxygen atoms in total. The fourth-order valence-corrected chi connectivity index (χ4v) is 8.40. The van der Waals surface area contributed by atoms with E-state index >= 15 is 0 Å². The summed E-state index contributed by atoms with van der Waals surface area (Å²) in [6.07, 6.45) is 10.7. The molecule has 1 saturated heterocycles. The van der Waals surface area contributed by atoms with E-state index < -0.39 is 0 Å². The highest BCUT2D eigenvalue weighted by molar-refractivity contribution is 7.10. The Kier molecular flexibility index (Phi) is 9.95. The summed E-state index contributed by atoms with van der Waals surface area (Å²) in [5, 5.41) is 6.17. The molecule has 234 valence electrons. The first-order valence-electron chi connectivity index (χ1n) is 16.8. The zero-order chi connectivity index (χ0) is 30.5. The van der Waals surface area contributed by atoms with Gasteiger partial charge >= 0.3 is 0 Å². The maximum Gasteiger partial charge on any atom is 0.220 e. The molecule has 1 aliphatic heterocycles. The Morgan fingerprint density at radius 1 is 0.977 bits per heavy atom. The number of anilines is 3. The number of benzene rings is 2. The SMILES string of the molecule is Cc1ccccc1NC(CC1CCC(Cc2sccc2N(C)C)CC1)c1nc(Cc2ccccc2)c(N2CCCC(C)C2)o1. The molecule has 2 aliphatic rings. The average Bonchev–Trinajstić information content (AvgIpc) is 3.67. The summed E-state index contributed by atoms with van der Waals surface area (Å²) in [6.45, 7) is 6.63. The maximum absolute atomic E-state index is 6.87. The Bertz CT molecular complexity index is 1470. The average molecular weight is 611 g/mol. The van der Waals surface area contributed by atoms with Gasteiger partial charge in [0.15, 0.2) is 0 Å². The molecule has 2 aromatic carbocycles. The molecule has 4 aromatic rings. The van der Waals surface area contributed by atoms with Crippen molar-refractivity contribution in [2.75, 3.05) is 42.3 Å². The molecule has 44 heavy (non-hydrogen) atoms. The largest absolute Gasteiger partial charge is 0.423 e. The highest BCUT2D eigenvalue weighted by atomic mass is 32.1. The summed E-state index contributed by atoms with van der Waals surface area (Å²) in [5.74, 6) is 3.94. The number of aromatic nitrogens is 1. The summed E-state index contributed by atoms with van der Waals surface area (Å²) in [7, 11) is 4.32. The number of rotatable bonds is 11. The minimum Gasteiger partial charge on any atom is -0.423 e.